The first-order chi connectivity index (χ1) is 15.8. The highest BCUT2D eigenvalue weighted by Crippen LogP contribution is 2.14. The fraction of sp³-hybridized carbons (Fsp3) is 0.348. The molecule has 174 valence electrons. The van der Waals surface area contributed by atoms with Crippen LogP contribution in [0.5, 0.6) is 0 Å². The van der Waals surface area contributed by atoms with E-state index < -0.39 is 17.5 Å². The Morgan fingerprint density at radius 1 is 1.09 bits per heavy atom. The first kappa shape index (κ1) is 24.0. The zero-order valence-electron chi connectivity index (χ0n) is 18.5. The van der Waals surface area contributed by atoms with Crippen molar-refractivity contribution < 1.29 is 18.4 Å². The Labute approximate surface area is 190 Å². The lowest BCUT2D eigenvalue weighted by Crippen LogP contribution is -2.42. The molecule has 0 spiro atoms. The number of aromatic nitrogens is 4. The lowest BCUT2D eigenvalue weighted by Gasteiger charge is -2.22. The number of carbonyl (C=O) groups excluding carboxylic acids is 2. The topological polar surface area (TPSA) is 93.0 Å². The number of nitrogens with zero attached hydrogens (tertiary/aromatic N) is 5. The van der Waals surface area contributed by atoms with Gasteiger partial charge in [0, 0.05) is 24.2 Å². The van der Waals surface area contributed by atoms with Crippen molar-refractivity contribution >= 4 is 11.8 Å². The van der Waals surface area contributed by atoms with E-state index in [9.17, 15) is 18.4 Å². The number of halogens is 2. The normalized spacial score (nSPS) is 10.9. The van der Waals surface area contributed by atoms with Crippen LogP contribution < -0.4 is 5.32 Å². The van der Waals surface area contributed by atoms with E-state index in [4.69, 9.17) is 0 Å². The Kier molecular flexibility index (Phi) is 8.17. The van der Waals surface area contributed by atoms with Crippen molar-refractivity contribution in [3.8, 4) is 11.4 Å². The molecule has 0 aliphatic carbocycles. The van der Waals surface area contributed by atoms with Gasteiger partial charge in [0.1, 0.15) is 18.2 Å². The Morgan fingerprint density at radius 2 is 1.82 bits per heavy atom. The summed E-state index contributed by atoms with van der Waals surface area (Å²) in [6, 6.07) is 11.6. The molecule has 10 heteroatoms. The summed E-state index contributed by atoms with van der Waals surface area (Å²) >= 11 is 0. The van der Waals surface area contributed by atoms with Crippen LogP contribution in [0.2, 0.25) is 0 Å². The summed E-state index contributed by atoms with van der Waals surface area (Å²) < 4.78 is 27.3. The number of benzene rings is 2. The van der Waals surface area contributed by atoms with Gasteiger partial charge in [-0.2, -0.15) is 4.80 Å². The molecule has 2 amide bonds. The second kappa shape index (κ2) is 11.3. The Hall–Kier alpha value is -3.69. The van der Waals surface area contributed by atoms with E-state index in [0.717, 1.165) is 11.2 Å². The number of carbonyl (C=O) groups is 2. The minimum atomic E-state index is -0.472. The molecule has 0 unspecified atom stereocenters. The van der Waals surface area contributed by atoms with Crippen LogP contribution in [0, 0.1) is 17.6 Å². The summed E-state index contributed by atoms with van der Waals surface area (Å²) in [6.07, 6.45) is 0.808. The molecule has 0 radical (unpaired) electrons. The number of nitrogens with one attached hydrogen (secondary N) is 1. The van der Waals surface area contributed by atoms with Gasteiger partial charge in [-0.3, -0.25) is 9.59 Å². The van der Waals surface area contributed by atoms with Gasteiger partial charge in [-0.05, 0) is 47.9 Å². The van der Waals surface area contributed by atoms with Gasteiger partial charge in [-0.15, -0.1) is 10.2 Å². The molecule has 0 fully saturated rings. The molecule has 2 aromatic carbocycles. The average molecular weight is 456 g/mol. The first-order valence-corrected chi connectivity index (χ1v) is 10.6. The SMILES string of the molecule is CC(C)CCNC(=O)CN(Cc1ccccc1F)C(=O)Cn1nnc(-c2ccc(F)cc2)n1. The molecule has 8 nitrogen and oxygen atoms in total. The standard InChI is InChI=1S/C23H26F2N6O2/c1-16(2)11-12-26-21(32)14-30(13-18-5-3-4-6-20(18)25)22(33)15-31-28-23(27-29-31)17-7-9-19(24)10-8-17/h3-10,16H,11-15H2,1-2H3,(H,26,32). The van der Waals surface area contributed by atoms with Gasteiger partial charge in [0.15, 0.2) is 0 Å². The van der Waals surface area contributed by atoms with Crippen LogP contribution in [-0.2, 0) is 22.7 Å². The number of tetrazole rings is 1. The number of rotatable bonds is 10. The number of amides is 2. The average Bonchev–Trinajstić information content (AvgIpc) is 3.23. The lowest BCUT2D eigenvalue weighted by atomic mass is 10.1. The molecule has 1 heterocycles. The van der Waals surface area contributed by atoms with Gasteiger partial charge in [0.2, 0.25) is 17.6 Å². The zero-order chi connectivity index (χ0) is 23.8. The third-order valence-electron chi connectivity index (χ3n) is 4.88. The van der Waals surface area contributed by atoms with Crippen molar-refractivity contribution in [2.75, 3.05) is 13.1 Å². The number of hydrogen-bond acceptors (Lipinski definition) is 5. The maximum absolute atomic E-state index is 14.2. The van der Waals surface area contributed by atoms with Crippen molar-refractivity contribution in [1.82, 2.24) is 30.4 Å². The largest absolute Gasteiger partial charge is 0.355 e. The van der Waals surface area contributed by atoms with Crippen LogP contribution in [0.4, 0.5) is 8.78 Å². The third-order valence-corrected chi connectivity index (χ3v) is 4.88. The van der Waals surface area contributed by atoms with E-state index in [1.165, 1.54) is 35.2 Å². The maximum atomic E-state index is 14.2. The Bertz CT molecular complexity index is 1080. The smallest absolute Gasteiger partial charge is 0.247 e. The van der Waals surface area contributed by atoms with Crippen LogP contribution in [0.25, 0.3) is 11.4 Å². The molecule has 3 aromatic rings. The van der Waals surface area contributed by atoms with E-state index in [1.54, 1.807) is 18.2 Å². The monoisotopic (exact) mass is 456 g/mol. The summed E-state index contributed by atoms with van der Waals surface area (Å²) in [4.78, 5) is 27.7. The lowest BCUT2D eigenvalue weighted by molar-refractivity contribution is -0.137. The molecule has 0 atom stereocenters. The van der Waals surface area contributed by atoms with Crippen LogP contribution in [0.3, 0.4) is 0 Å². The van der Waals surface area contributed by atoms with Crippen molar-refractivity contribution in [2.24, 2.45) is 5.92 Å². The summed E-state index contributed by atoms with van der Waals surface area (Å²) in [5, 5.41) is 14.7. The Morgan fingerprint density at radius 3 is 2.52 bits per heavy atom. The second-order valence-corrected chi connectivity index (χ2v) is 8.02. The molecule has 0 aliphatic heterocycles. The summed E-state index contributed by atoms with van der Waals surface area (Å²) in [5.41, 5.74) is 0.835. The molecule has 0 saturated heterocycles. The molecule has 1 aromatic heterocycles. The highest BCUT2D eigenvalue weighted by Gasteiger charge is 2.21. The summed E-state index contributed by atoms with van der Waals surface area (Å²) in [6.45, 7) is 3.98. The van der Waals surface area contributed by atoms with Crippen molar-refractivity contribution in [2.45, 2.75) is 33.4 Å². The Balaban J connectivity index is 1.70. The molecule has 1 N–H and O–H groups in total. The van der Waals surface area contributed by atoms with Crippen LogP contribution in [-0.4, -0.2) is 50.0 Å². The highest BCUT2D eigenvalue weighted by molar-refractivity contribution is 5.84. The summed E-state index contributed by atoms with van der Waals surface area (Å²) in [7, 11) is 0. The van der Waals surface area contributed by atoms with E-state index in [2.05, 4.69) is 20.7 Å². The van der Waals surface area contributed by atoms with E-state index >= 15 is 0 Å². The minimum absolute atomic E-state index is 0.0807. The maximum Gasteiger partial charge on any atom is 0.247 e. The predicted molar refractivity (Wildman–Crippen MR) is 117 cm³/mol. The molecular weight excluding hydrogens is 430 g/mol. The van der Waals surface area contributed by atoms with E-state index in [0.29, 0.717) is 23.6 Å². The van der Waals surface area contributed by atoms with Crippen molar-refractivity contribution in [1.29, 1.82) is 0 Å². The van der Waals surface area contributed by atoms with Gasteiger partial charge in [0.25, 0.3) is 0 Å². The second-order valence-electron chi connectivity index (χ2n) is 8.02. The fourth-order valence-corrected chi connectivity index (χ4v) is 3.04. The molecule has 0 saturated carbocycles. The minimum Gasteiger partial charge on any atom is -0.355 e. The van der Waals surface area contributed by atoms with Gasteiger partial charge >= 0.3 is 0 Å². The first-order valence-electron chi connectivity index (χ1n) is 10.6. The fourth-order valence-electron chi connectivity index (χ4n) is 3.04. The quantitative estimate of drug-likeness (QED) is 0.507. The van der Waals surface area contributed by atoms with Crippen LogP contribution in [0.15, 0.2) is 48.5 Å². The van der Waals surface area contributed by atoms with Gasteiger partial charge in [0.05, 0.1) is 6.54 Å². The molecule has 0 bridgehead atoms. The third kappa shape index (κ3) is 7.16. The van der Waals surface area contributed by atoms with E-state index in [-0.39, 0.29) is 31.4 Å². The van der Waals surface area contributed by atoms with Crippen LogP contribution in [0.1, 0.15) is 25.8 Å². The summed E-state index contributed by atoms with van der Waals surface area (Å²) in [5.74, 6) is -1.01. The van der Waals surface area contributed by atoms with Gasteiger partial charge in [-0.1, -0.05) is 32.0 Å². The van der Waals surface area contributed by atoms with E-state index in [1.807, 2.05) is 13.8 Å². The van der Waals surface area contributed by atoms with Gasteiger partial charge < -0.3 is 10.2 Å². The zero-order valence-corrected chi connectivity index (χ0v) is 18.5. The molecular formula is C23H26F2N6O2. The molecule has 0 aliphatic rings. The number of hydrogen-bond donors (Lipinski definition) is 1. The van der Waals surface area contributed by atoms with Crippen LogP contribution >= 0.6 is 0 Å². The van der Waals surface area contributed by atoms with Crippen molar-refractivity contribution in [3.05, 3.63) is 65.7 Å². The predicted octanol–water partition coefficient (Wildman–Crippen LogP) is 2.81. The highest BCUT2D eigenvalue weighted by atomic mass is 19.1. The molecule has 3 rings (SSSR count). The molecule has 33 heavy (non-hydrogen) atoms. The van der Waals surface area contributed by atoms with Gasteiger partial charge in [-0.25, -0.2) is 8.78 Å². The van der Waals surface area contributed by atoms with Crippen molar-refractivity contribution in [3.63, 3.8) is 0 Å².